The van der Waals surface area contributed by atoms with E-state index in [0.717, 1.165) is 53.8 Å². The Kier molecular flexibility index (Phi) is 4.37. The first kappa shape index (κ1) is 17.1. The molecule has 28 heavy (non-hydrogen) atoms. The third-order valence-corrected chi connectivity index (χ3v) is 5.51. The number of halogens is 1. The number of rotatable bonds is 4. The molecule has 5 heteroatoms. The number of nitrogens with zero attached hydrogens (tertiary/aromatic N) is 4. The molecule has 1 aliphatic rings. The van der Waals surface area contributed by atoms with E-state index in [9.17, 15) is 4.39 Å². The summed E-state index contributed by atoms with van der Waals surface area (Å²) in [5.41, 5.74) is 5.45. The van der Waals surface area contributed by atoms with Crippen molar-refractivity contribution < 1.29 is 4.39 Å². The second-order valence-corrected chi connectivity index (χ2v) is 7.34. The first-order valence-corrected chi connectivity index (χ1v) is 9.63. The van der Waals surface area contributed by atoms with Gasteiger partial charge in [0, 0.05) is 30.7 Å². The van der Waals surface area contributed by atoms with Gasteiger partial charge in [-0.25, -0.2) is 9.37 Å². The Hall–Kier alpha value is -3.05. The molecule has 0 bridgehead atoms. The second kappa shape index (κ2) is 7.17. The monoisotopic (exact) mass is 372 g/mol. The summed E-state index contributed by atoms with van der Waals surface area (Å²) < 4.78 is 15.7. The summed E-state index contributed by atoms with van der Waals surface area (Å²) in [6.07, 6.45) is 9.86. The molecule has 0 unspecified atom stereocenters. The van der Waals surface area contributed by atoms with E-state index in [2.05, 4.69) is 38.7 Å². The quantitative estimate of drug-likeness (QED) is 0.512. The fraction of sp³-hybridized carbons (Fsp3) is 0.217. The van der Waals surface area contributed by atoms with Crippen molar-refractivity contribution in [1.29, 1.82) is 0 Å². The zero-order valence-corrected chi connectivity index (χ0v) is 15.5. The maximum atomic E-state index is 13.6. The molecule has 0 aliphatic carbocycles. The van der Waals surface area contributed by atoms with Gasteiger partial charge in [0.2, 0.25) is 0 Å². The molecule has 3 aromatic heterocycles. The predicted molar refractivity (Wildman–Crippen MR) is 107 cm³/mol. The molecule has 1 aromatic carbocycles. The molecule has 5 rings (SSSR count). The van der Waals surface area contributed by atoms with Gasteiger partial charge in [-0.1, -0.05) is 24.3 Å². The lowest BCUT2D eigenvalue weighted by molar-refractivity contribution is 0.246. The highest BCUT2D eigenvalue weighted by atomic mass is 19.1. The van der Waals surface area contributed by atoms with Crippen molar-refractivity contribution in [1.82, 2.24) is 19.3 Å². The highest BCUT2D eigenvalue weighted by molar-refractivity contribution is 5.66. The van der Waals surface area contributed by atoms with Crippen molar-refractivity contribution in [2.24, 2.45) is 0 Å². The maximum Gasteiger partial charge on any atom is 0.123 e. The lowest BCUT2D eigenvalue weighted by Gasteiger charge is -2.23. The second-order valence-electron chi connectivity index (χ2n) is 7.34. The molecule has 0 saturated carbocycles. The molecule has 0 N–H and O–H groups in total. The van der Waals surface area contributed by atoms with Crippen LogP contribution in [0.1, 0.15) is 30.1 Å². The first-order valence-electron chi connectivity index (χ1n) is 9.63. The SMILES string of the molecule is Fc1cccc(CN2CCC[C@@H]2c2ncn3cc(-c4cccnc4)ccc23)c1. The number of benzene rings is 1. The van der Waals surface area contributed by atoms with Crippen LogP contribution in [0.5, 0.6) is 0 Å². The van der Waals surface area contributed by atoms with Gasteiger partial charge in [-0.2, -0.15) is 0 Å². The number of imidazole rings is 1. The van der Waals surface area contributed by atoms with Gasteiger partial charge in [0.25, 0.3) is 0 Å². The van der Waals surface area contributed by atoms with Crippen LogP contribution < -0.4 is 0 Å². The largest absolute Gasteiger partial charge is 0.305 e. The van der Waals surface area contributed by atoms with Crippen molar-refractivity contribution in [3.05, 3.63) is 90.5 Å². The van der Waals surface area contributed by atoms with Gasteiger partial charge in [-0.15, -0.1) is 0 Å². The molecule has 1 saturated heterocycles. The van der Waals surface area contributed by atoms with Crippen molar-refractivity contribution in [3.8, 4) is 11.1 Å². The number of hydrogen-bond acceptors (Lipinski definition) is 3. The van der Waals surface area contributed by atoms with Crippen LogP contribution >= 0.6 is 0 Å². The normalized spacial score (nSPS) is 17.4. The van der Waals surface area contributed by atoms with E-state index in [1.807, 2.05) is 24.7 Å². The summed E-state index contributed by atoms with van der Waals surface area (Å²) in [7, 11) is 0. The summed E-state index contributed by atoms with van der Waals surface area (Å²) in [6, 6.07) is 15.4. The van der Waals surface area contributed by atoms with Crippen LogP contribution in [0.4, 0.5) is 4.39 Å². The van der Waals surface area contributed by atoms with Gasteiger partial charge in [-0.3, -0.25) is 9.88 Å². The Morgan fingerprint density at radius 3 is 2.89 bits per heavy atom. The minimum absolute atomic E-state index is 0.177. The van der Waals surface area contributed by atoms with E-state index >= 15 is 0 Å². The maximum absolute atomic E-state index is 13.6. The highest BCUT2D eigenvalue weighted by Crippen LogP contribution is 2.35. The standard InChI is InChI=1S/C23H21FN4/c24-20-6-1-4-17(12-20)14-27-11-3-7-21(27)23-22-9-8-19(15-28(22)16-26-23)18-5-2-10-25-13-18/h1-2,4-6,8-10,12-13,15-16,21H,3,7,11,14H2/t21-/m1/s1. The Bertz CT molecular complexity index is 1110. The van der Waals surface area contributed by atoms with E-state index in [-0.39, 0.29) is 11.9 Å². The number of hydrogen-bond donors (Lipinski definition) is 0. The van der Waals surface area contributed by atoms with Gasteiger partial charge >= 0.3 is 0 Å². The minimum atomic E-state index is -0.177. The molecule has 0 amide bonds. The van der Waals surface area contributed by atoms with Crippen LogP contribution in [0.2, 0.25) is 0 Å². The van der Waals surface area contributed by atoms with Gasteiger partial charge in [0.1, 0.15) is 5.82 Å². The van der Waals surface area contributed by atoms with Gasteiger partial charge in [-0.05, 0) is 54.8 Å². The summed E-state index contributed by atoms with van der Waals surface area (Å²) >= 11 is 0. The van der Waals surface area contributed by atoms with Crippen LogP contribution in [0.3, 0.4) is 0 Å². The first-order chi connectivity index (χ1) is 13.8. The molecular weight excluding hydrogens is 351 g/mol. The molecule has 1 atom stereocenters. The van der Waals surface area contributed by atoms with E-state index in [1.165, 1.54) is 6.07 Å². The zero-order valence-electron chi connectivity index (χ0n) is 15.5. The lowest BCUT2D eigenvalue weighted by atomic mass is 10.1. The molecule has 0 spiro atoms. The van der Waals surface area contributed by atoms with Crippen LogP contribution in [0.15, 0.2) is 73.4 Å². The van der Waals surface area contributed by atoms with Crippen LogP contribution in [0, 0.1) is 5.82 Å². The smallest absolute Gasteiger partial charge is 0.123 e. The van der Waals surface area contributed by atoms with Crippen molar-refractivity contribution in [2.45, 2.75) is 25.4 Å². The fourth-order valence-electron chi connectivity index (χ4n) is 4.18. The van der Waals surface area contributed by atoms with Crippen molar-refractivity contribution in [3.63, 3.8) is 0 Å². The molecule has 4 aromatic rings. The van der Waals surface area contributed by atoms with Gasteiger partial charge in [0.15, 0.2) is 0 Å². The summed E-state index contributed by atoms with van der Waals surface area (Å²) in [5, 5.41) is 0. The lowest BCUT2D eigenvalue weighted by Crippen LogP contribution is -2.23. The summed E-state index contributed by atoms with van der Waals surface area (Å²) in [4.78, 5) is 11.4. The number of aromatic nitrogens is 3. The van der Waals surface area contributed by atoms with E-state index < -0.39 is 0 Å². The molecule has 4 heterocycles. The van der Waals surface area contributed by atoms with Crippen molar-refractivity contribution >= 4 is 5.52 Å². The van der Waals surface area contributed by atoms with E-state index in [4.69, 9.17) is 4.98 Å². The molecular formula is C23H21FN4. The number of fused-ring (bicyclic) bond motifs is 1. The topological polar surface area (TPSA) is 33.4 Å². The third-order valence-electron chi connectivity index (χ3n) is 5.51. The zero-order chi connectivity index (χ0) is 18.9. The molecule has 4 nitrogen and oxygen atoms in total. The Morgan fingerprint density at radius 2 is 2.04 bits per heavy atom. The Morgan fingerprint density at radius 1 is 1.07 bits per heavy atom. The number of likely N-dealkylation sites (tertiary alicyclic amines) is 1. The molecule has 140 valence electrons. The predicted octanol–water partition coefficient (Wildman–Crippen LogP) is 4.87. The molecule has 1 fully saturated rings. The van der Waals surface area contributed by atoms with Gasteiger partial charge < -0.3 is 4.40 Å². The average molecular weight is 372 g/mol. The van der Waals surface area contributed by atoms with Gasteiger partial charge in [0.05, 0.1) is 23.6 Å². The average Bonchev–Trinajstić information content (AvgIpc) is 3.34. The molecule has 1 aliphatic heterocycles. The highest BCUT2D eigenvalue weighted by Gasteiger charge is 2.29. The minimum Gasteiger partial charge on any atom is -0.305 e. The van der Waals surface area contributed by atoms with Crippen LogP contribution in [-0.4, -0.2) is 25.8 Å². The van der Waals surface area contributed by atoms with E-state index in [0.29, 0.717) is 0 Å². The summed E-state index contributed by atoms with van der Waals surface area (Å²) in [6.45, 7) is 1.75. The van der Waals surface area contributed by atoms with Crippen LogP contribution in [-0.2, 0) is 6.54 Å². The third kappa shape index (κ3) is 3.18. The van der Waals surface area contributed by atoms with Crippen LogP contribution in [0.25, 0.3) is 16.6 Å². The molecule has 0 radical (unpaired) electrons. The summed E-state index contributed by atoms with van der Waals surface area (Å²) in [5.74, 6) is -0.177. The number of pyridine rings is 2. The Balaban J connectivity index is 1.45. The van der Waals surface area contributed by atoms with E-state index in [1.54, 1.807) is 18.3 Å². The fourth-order valence-corrected chi connectivity index (χ4v) is 4.18. The van der Waals surface area contributed by atoms with Crippen molar-refractivity contribution in [2.75, 3.05) is 6.54 Å². The Labute approximate surface area is 163 Å².